The van der Waals surface area contributed by atoms with Gasteiger partial charge in [0.25, 0.3) is 10.0 Å². The van der Waals surface area contributed by atoms with E-state index in [4.69, 9.17) is 0 Å². The first-order valence-corrected chi connectivity index (χ1v) is 7.19. The highest BCUT2D eigenvalue weighted by molar-refractivity contribution is 7.89. The molecule has 7 heteroatoms. The number of imidazole rings is 1. The van der Waals surface area contributed by atoms with Crippen LogP contribution in [0, 0.1) is 0 Å². The summed E-state index contributed by atoms with van der Waals surface area (Å²) in [6.07, 6.45) is 4.20. The van der Waals surface area contributed by atoms with Crippen LogP contribution in [0.25, 0.3) is 0 Å². The van der Waals surface area contributed by atoms with Crippen LogP contribution in [0.2, 0.25) is 0 Å². The monoisotopic (exact) mass is 259 g/mol. The molecule has 17 heavy (non-hydrogen) atoms. The molecule has 0 atom stereocenters. The van der Waals surface area contributed by atoms with Crippen molar-refractivity contribution in [2.45, 2.75) is 43.2 Å². The number of nitrogens with one attached hydrogen (secondary N) is 2. The summed E-state index contributed by atoms with van der Waals surface area (Å²) < 4.78 is 26.1. The van der Waals surface area contributed by atoms with Crippen molar-refractivity contribution >= 4 is 10.0 Å². The molecule has 0 saturated heterocycles. The molecule has 1 aliphatic rings. The van der Waals surface area contributed by atoms with E-state index in [9.17, 15) is 13.5 Å². The maximum absolute atomic E-state index is 11.9. The summed E-state index contributed by atoms with van der Waals surface area (Å²) >= 11 is 0. The van der Waals surface area contributed by atoms with Gasteiger partial charge in [0.05, 0.1) is 11.8 Å². The molecule has 0 spiro atoms. The number of H-pyrrole nitrogens is 1. The number of aliphatic hydroxyl groups is 1. The number of aromatic nitrogens is 2. The lowest BCUT2D eigenvalue weighted by atomic mass is 9.81. The second-order valence-corrected chi connectivity index (χ2v) is 6.19. The molecule has 0 unspecified atom stereocenters. The van der Waals surface area contributed by atoms with Gasteiger partial charge in [-0.2, -0.15) is 0 Å². The van der Waals surface area contributed by atoms with Gasteiger partial charge in [0.2, 0.25) is 0 Å². The van der Waals surface area contributed by atoms with Crippen LogP contribution < -0.4 is 4.72 Å². The van der Waals surface area contributed by atoms with Crippen molar-refractivity contribution in [1.82, 2.24) is 14.7 Å². The molecular formula is C10H17N3O3S. The van der Waals surface area contributed by atoms with Crippen molar-refractivity contribution in [3.8, 4) is 0 Å². The Kier molecular flexibility index (Phi) is 3.24. The van der Waals surface area contributed by atoms with Crippen LogP contribution in [-0.2, 0) is 16.4 Å². The molecular weight excluding hydrogens is 242 g/mol. The molecule has 1 heterocycles. The fourth-order valence-corrected chi connectivity index (χ4v) is 2.79. The third-order valence-corrected chi connectivity index (χ3v) is 4.42. The van der Waals surface area contributed by atoms with Gasteiger partial charge in [-0.3, -0.25) is 0 Å². The summed E-state index contributed by atoms with van der Waals surface area (Å²) in [4.78, 5) is 6.67. The minimum atomic E-state index is -3.59. The number of aryl methyl sites for hydroxylation is 1. The summed E-state index contributed by atoms with van der Waals surface area (Å²) in [6, 6.07) is 0. The number of rotatable bonds is 5. The minimum absolute atomic E-state index is 0.0530. The molecule has 96 valence electrons. The zero-order chi connectivity index (χ0) is 12.5. The molecule has 1 aliphatic carbocycles. The smallest absolute Gasteiger partial charge is 0.257 e. The first-order valence-electron chi connectivity index (χ1n) is 5.71. The molecule has 0 radical (unpaired) electrons. The highest BCUT2D eigenvalue weighted by atomic mass is 32.2. The maximum atomic E-state index is 11.9. The highest BCUT2D eigenvalue weighted by Gasteiger charge is 2.35. The lowest BCUT2D eigenvalue weighted by molar-refractivity contribution is -0.0271. The molecule has 0 aliphatic heterocycles. The van der Waals surface area contributed by atoms with Crippen molar-refractivity contribution in [2.24, 2.45) is 0 Å². The van der Waals surface area contributed by atoms with Crippen molar-refractivity contribution < 1.29 is 13.5 Å². The fraction of sp³-hybridized carbons (Fsp3) is 0.700. The Morgan fingerprint density at radius 1 is 1.59 bits per heavy atom. The SMILES string of the molecule is CCc1ncc(S(=O)(=O)NCC2(O)CCC2)[nH]1. The molecule has 1 aromatic rings. The molecule has 1 saturated carbocycles. The Morgan fingerprint density at radius 3 is 2.76 bits per heavy atom. The largest absolute Gasteiger partial charge is 0.389 e. The van der Waals surface area contributed by atoms with Crippen LogP contribution >= 0.6 is 0 Å². The average Bonchev–Trinajstić information content (AvgIpc) is 2.73. The normalized spacial score (nSPS) is 18.9. The minimum Gasteiger partial charge on any atom is -0.389 e. The van der Waals surface area contributed by atoms with Crippen molar-refractivity contribution in [2.75, 3.05) is 6.54 Å². The van der Waals surface area contributed by atoms with Crippen molar-refractivity contribution in [3.05, 3.63) is 12.0 Å². The van der Waals surface area contributed by atoms with Crippen molar-refractivity contribution in [1.29, 1.82) is 0 Å². The Bertz CT molecular complexity index is 491. The Labute approximate surface area is 101 Å². The molecule has 6 nitrogen and oxygen atoms in total. The van der Waals surface area contributed by atoms with E-state index in [0.29, 0.717) is 25.1 Å². The summed E-state index contributed by atoms with van der Waals surface area (Å²) in [6.45, 7) is 1.95. The van der Waals surface area contributed by atoms with Gasteiger partial charge in [0, 0.05) is 13.0 Å². The van der Waals surface area contributed by atoms with Gasteiger partial charge in [0.15, 0.2) is 5.03 Å². The van der Waals surface area contributed by atoms with E-state index in [0.717, 1.165) is 6.42 Å². The maximum Gasteiger partial charge on any atom is 0.257 e. The summed E-state index contributed by atoms with van der Waals surface area (Å²) in [5.74, 6) is 0.632. The first kappa shape index (κ1) is 12.5. The van der Waals surface area contributed by atoms with E-state index in [-0.39, 0.29) is 11.6 Å². The molecule has 0 amide bonds. The fourth-order valence-electron chi connectivity index (χ4n) is 1.73. The van der Waals surface area contributed by atoms with Crippen LogP contribution in [-0.4, -0.2) is 35.6 Å². The van der Waals surface area contributed by atoms with E-state index in [1.165, 1.54) is 6.20 Å². The predicted molar refractivity (Wildman–Crippen MR) is 62.0 cm³/mol. The summed E-state index contributed by atoms with van der Waals surface area (Å²) in [7, 11) is -3.59. The molecule has 1 aromatic heterocycles. The number of sulfonamides is 1. The Morgan fingerprint density at radius 2 is 2.29 bits per heavy atom. The van der Waals surface area contributed by atoms with Gasteiger partial charge < -0.3 is 10.1 Å². The van der Waals surface area contributed by atoms with E-state index >= 15 is 0 Å². The van der Waals surface area contributed by atoms with E-state index < -0.39 is 15.6 Å². The van der Waals surface area contributed by atoms with Crippen LogP contribution in [0.15, 0.2) is 11.2 Å². The zero-order valence-electron chi connectivity index (χ0n) is 9.73. The summed E-state index contributed by atoms with van der Waals surface area (Å²) in [5.41, 5.74) is -0.860. The van der Waals surface area contributed by atoms with Gasteiger partial charge >= 0.3 is 0 Å². The van der Waals surface area contributed by atoms with E-state index in [1.807, 2.05) is 6.92 Å². The third-order valence-electron chi connectivity index (χ3n) is 3.11. The molecule has 3 N–H and O–H groups in total. The second kappa shape index (κ2) is 4.40. The van der Waals surface area contributed by atoms with Gasteiger partial charge in [-0.25, -0.2) is 18.1 Å². The van der Waals surface area contributed by atoms with E-state index in [1.54, 1.807) is 0 Å². The summed E-state index contributed by atoms with van der Waals surface area (Å²) in [5, 5.41) is 9.87. The zero-order valence-corrected chi connectivity index (χ0v) is 10.5. The topological polar surface area (TPSA) is 95.1 Å². The second-order valence-electron chi connectivity index (χ2n) is 4.45. The molecule has 1 fully saturated rings. The van der Waals surface area contributed by atoms with Crippen LogP contribution in [0.5, 0.6) is 0 Å². The Balaban J connectivity index is 2.03. The van der Waals surface area contributed by atoms with Crippen LogP contribution in [0.1, 0.15) is 32.0 Å². The standard InChI is InChI=1S/C10H17N3O3S/c1-2-8-11-6-9(13-8)17(15,16)12-7-10(14)4-3-5-10/h6,12,14H,2-5,7H2,1H3,(H,11,13). The number of hydrogen-bond acceptors (Lipinski definition) is 4. The molecule has 2 rings (SSSR count). The first-order chi connectivity index (χ1) is 7.95. The van der Waals surface area contributed by atoms with E-state index in [2.05, 4.69) is 14.7 Å². The average molecular weight is 259 g/mol. The number of nitrogens with zero attached hydrogens (tertiary/aromatic N) is 1. The van der Waals surface area contributed by atoms with Crippen LogP contribution in [0.4, 0.5) is 0 Å². The number of aromatic amines is 1. The predicted octanol–water partition coefficient (Wildman–Crippen LogP) is 0.165. The molecule has 0 aromatic carbocycles. The van der Waals surface area contributed by atoms with Gasteiger partial charge in [-0.15, -0.1) is 0 Å². The quantitative estimate of drug-likeness (QED) is 0.702. The lowest BCUT2D eigenvalue weighted by Gasteiger charge is -2.36. The lowest BCUT2D eigenvalue weighted by Crippen LogP contribution is -2.47. The third kappa shape index (κ3) is 2.67. The Hall–Kier alpha value is -0.920. The highest BCUT2D eigenvalue weighted by Crippen LogP contribution is 2.30. The van der Waals surface area contributed by atoms with Crippen LogP contribution in [0.3, 0.4) is 0 Å². The van der Waals surface area contributed by atoms with Crippen molar-refractivity contribution in [3.63, 3.8) is 0 Å². The molecule has 0 bridgehead atoms. The van der Waals surface area contributed by atoms with Gasteiger partial charge in [-0.05, 0) is 19.3 Å². The van der Waals surface area contributed by atoms with Gasteiger partial charge in [0.1, 0.15) is 5.82 Å². The van der Waals surface area contributed by atoms with Gasteiger partial charge in [-0.1, -0.05) is 6.92 Å². The number of hydrogen-bond donors (Lipinski definition) is 3.